The molecular weight excluding hydrogens is 366 g/mol. The summed E-state index contributed by atoms with van der Waals surface area (Å²) in [5.41, 5.74) is 3.29. The molecule has 2 aromatic heterocycles. The molecule has 4 heterocycles. The Bertz CT molecular complexity index is 858. The normalized spacial score (nSPS) is 19.2. The van der Waals surface area contributed by atoms with Crippen molar-refractivity contribution in [1.29, 1.82) is 0 Å². The number of aromatic nitrogens is 3. The number of hydrogen-bond acceptors (Lipinski definition) is 6. The lowest BCUT2D eigenvalue weighted by molar-refractivity contribution is -0.139. The van der Waals surface area contributed by atoms with E-state index in [1.54, 1.807) is 7.11 Å². The quantitative estimate of drug-likeness (QED) is 0.775. The molecule has 0 aromatic carbocycles. The summed E-state index contributed by atoms with van der Waals surface area (Å²) < 4.78 is 5.09. The minimum Gasteiger partial charge on any atom is -0.375 e. The van der Waals surface area contributed by atoms with Crippen molar-refractivity contribution in [2.45, 2.75) is 51.6 Å². The van der Waals surface area contributed by atoms with Gasteiger partial charge in [0.1, 0.15) is 12.4 Å². The zero-order valence-corrected chi connectivity index (χ0v) is 17.3. The smallest absolute Gasteiger partial charge is 0.249 e. The van der Waals surface area contributed by atoms with Crippen molar-refractivity contribution in [2.75, 3.05) is 31.7 Å². The fourth-order valence-corrected chi connectivity index (χ4v) is 4.40. The number of fused-ring (bicyclic) bond motifs is 1. The molecule has 2 aromatic rings. The maximum Gasteiger partial charge on any atom is 0.249 e. The molecule has 7 heteroatoms. The molecule has 4 rings (SSSR count). The number of anilines is 1. The Labute approximate surface area is 172 Å². The molecule has 2 aliphatic rings. The number of carbonyl (C=O) groups is 1. The number of aryl methyl sites for hydroxylation is 1. The second kappa shape index (κ2) is 8.86. The third-order valence-electron chi connectivity index (χ3n) is 5.83. The van der Waals surface area contributed by atoms with Crippen molar-refractivity contribution in [3.05, 3.63) is 47.2 Å². The fourth-order valence-electron chi connectivity index (χ4n) is 4.40. The summed E-state index contributed by atoms with van der Waals surface area (Å²) in [5, 5.41) is 0. The molecule has 29 heavy (non-hydrogen) atoms. The van der Waals surface area contributed by atoms with E-state index in [1.807, 2.05) is 23.2 Å². The first-order chi connectivity index (χ1) is 14.2. The number of amides is 1. The van der Waals surface area contributed by atoms with Crippen LogP contribution in [0.2, 0.25) is 0 Å². The van der Waals surface area contributed by atoms with Gasteiger partial charge >= 0.3 is 0 Å². The summed E-state index contributed by atoms with van der Waals surface area (Å²) in [5.74, 6) is 1.79. The Kier molecular flexibility index (Phi) is 6.04. The zero-order valence-electron chi connectivity index (χ0n) is 17.3. The molecule has 0 unspecified atom stereocenters. The first-order valence-electron chi connectivity index (χ1n) is 10.5. The Balaban J connectivity index is 1.66. The van der Waals surface area contributed by atoms with Crippen LogP contribution in [-0.2, 0) is 22.5 Å². The van der Waals surface area contributed by atoms with Crippen molar-refractivity contribution in [3.8, 4) is 0 Å². The number of ether oxygens (including phenoxy) is 1. The number of carbonyl (C=O) groups excluding carboxylic acids is 1. The summed E-state index contributed by atoms with van der Waals surface area (Å²) >= 11 is 0. The fraction of sp³-hybridized carbons (Fsp3) is 0.545. The van der Waals surface area contributed by atoms with E-state index < -0.39 is 0 Å². The van der Waals surface area contributed by atoms with Crippen LogP contribution in [-0.4, -0.2) is 52.6 Å². The van der Waals surface area contributed by atoms with Gasteiger partial charge in [-0.15, -0.1) is 0 Å². The number of methoxy groups -OCH3 is 1. The molecule has 0 spiro atoms. The lowest BCUT2D eigenvalue weighted by Gasteiger charge is -2.36. The molecule has 1 amide bonds. The topological polar surface area (TPSA) is 71.5 Å². The van der Waals surface area contributed by atoms with Gasteiger partial charge in [-0.2, -0.15) is 0 Å². The Morgan fingerprint density at radius 1 is 1.21 bits per heavy atom. The molecule has 0 N–H and O–H groups in total. The lowest BCUT2D eigenvalue weighted by atomic mass is 9.99. The van der Waals surface area contributed by atoms with Crippen molar-refractivity contribution in [3.63, 3.8) is 0 Å². The molecule has 1 atom stereocenters. The van der Waals surface area contributed by atoms with Gasteiger partial charge < -0.3 is 14.5 Å². The standard InChI is InChI=1S/C22H29N5O2/c1-16-18-9-7-12-26(14-17-8-3-5-11-23-17)22(18)25-21(24-16)19-10-4-6-13-27(19)20(28)15-29-2/h3,5,8,11,19H,4,6-7,9-10,12-15H2,1-2H3/t19-/m1/s1. The summed E-state index contributed by atoms with van der Waals surface area (Å²) in [6.07, 6.45) is 6.91. The molecule has 1 fully saturated rings. The van der Waals surface area contributed by atoms with Crippen LogP contribution < -0.4 is 4.90 Å². The van der Waals surface area contributed by atoms with Gasteiger partial charge in [0.05, 0.1) is 18.3 Å². The Morgan fingerprint density at radius 3 is 2.90 bits per heavy atom. The Hall–Kier alpha value is -2.54. The summed E-state index contributed by atoms with van der Waals surface area (Å²) in [6.45, 7) is 4.60. The van der Waals surface area contributed by atoms with Crippen LogP contribution in [0.25, 0.3) is 0 Å². The number of piperidine rings is 1. The summed E-state index contributed by atoms with van der Waals surface area (Å²) in [7, 11) is 1.56. The van der Waals surface area contributed by atoms with E-state index in [4.69, 9.17) is 14.7 Å². The largest absolute Gasteiger partial charge is 0.375 e. The van der Waals surface area contributed by atoms with Gasteiger partial charge in [0.15, 0.2) is 5.82 Å². The molecule has 1 saturated heterocycles. The van der Waals surface area contributed by atoms with Crippen LogP contribution >= 0.6 is 0 Å². The van der Waals surface area contributed by atoms with Crippen LogP contribution in [0.3, 0.4) is 0 Å². The van der Waals surface area contributed by atoms with Gasteiger partial charge in [-0.05, 0) is 51.2 Å². The van der Waals surface area contributed by atoms with Gasteiger partial charge in [0, 0.05) is 37.7 Å². The van der Waals surface area contributed by atoms with Gasteiger partial charge in [0.25, 0.3) is 0 Å². The zero-order chi connectivity index (χ0) is 20.2. The van der Waals surface area contributed by atoms with Crippen LogP contribution in [0.15, 0.2) is 24.4 Å². The highest BCUT2D eigenvalue weighted by Crippen LogP contribution is 2.34. The highest BCUT2D eigenvalue weighted by atomic mass is 16.5. The predicted molar refractivity (Wildman–Crippen MR) is 111 cm³/mol. The minimum absolute atomic E-state index is 0.0153. The average molecular weight is 396 g/mol. The molecule has 0 radical (unpaired) electrons. The molecule has 0 saturated carbocycles. The number of hydrogen-bond donors (Lipinski definition) is 0. The van der Waals surface area contributed by atoms with Crippen LogP contribution in [0.4, 0.5) is 5.82 Å². The van der Waals surface area contributed by atoms with Crippen LogP contribution in [0.5, 0.6) is 0 Å². The number of rotatable bonds is 5. The van der Waals surface area contributed by atoms with Gasteiger partial charge in [-0.3, -0.25) is 9.78 Å². The van der Waals surface area contributed by atoms with E-state index in [9.17, 15) is 4.79 Å². The number of pyridine rings is 1. The van der Waals surface area contributed by atoms with Crippen molar-refractivity contribution in [1.82, 2.24) is 19.9 Å². The second-order valence-corrected chi connectivity index (χ2v) is 7.85. The van der Waals surface area contributed by atoms with E-state index in [0.717, 1.165) is 74.8 Å². The Morgan fingerprint density at radius 2 is 2.10 bits per heavy atom. The van der Waals surface area contributed by atoms with Crippen LogP contribution in [0.1, 0.15) is 54.5 Å². The number of nitrogens with zero attached hydrogens (tertiary/aromatic N) is 5. The maximum absolute atomic E-state index is 12.6. The monoisotopic (exact) mass is 395 g/mol. The molecule has 7 nitrogen and oxygen atoms in total. The third-order valence-corrected chi connectivity index (χ3v) is 5.83. The predicted octanol–water partition coefficient (Wildman–Crippen LogP) is 2.83. The minimum atomic E-state index is -0.0750. The first-order valence-corrected chi connectivity index (χ1v) is 10.5. The molecule has 0 bridgehead atoms. The molecule has 0 aliphatic carbocycles. The lowest BCUT2D eigenvalue weighted by Crippen LogP contribution is -2.41. The maximum atomic E-state index is 12.6. The van der Waals surface area contributed by atoms with Crippen LogP contribution in [0, 0.1) is 6.92 Å². The summed E-state index contributed by atoms with van der Waals surface area (Å²) in [6, 6.07) is 5.93. The van der Waals surface area contributed by atoms with Crippen molar-refractivity contribution in [2.24, 2.45) is 0 Å². The van der Waals surface area contributed by atoms with E-state index in [2.05, 4.69) is 22.9 Å². The van der Waals surface area contributed by atoms with E-state index in [1.165, 1.54) is 5.56 Å². The van der Waals surface area contributed by atoms with Gasteiger partial charge in [0.2, 0.25) is 5.91 Å². The highest BCUT2D eigenvalue weighted by molar-refractivity contribution is 5.78. The molecule has 154 valence electrons. The third kappa shape index (κ3) is 4.24. The molecular formula is C22H29N5O2. The van der Waals surface area contributed by atoms with E-state index in [0.29, 0.717) is 0 Å². The SMILES string of the molecule is COCC(=O)N1CCCC[C@@H]1c1nc(C)c2c(n1)N(Cc1ccccn1)CCC2. The highest BCUT2D eigenvalue weighted by Gasteiger charge is 2.32. The average Bonchev–Trinajstić information content (AvgIpc) is 2.75. The van der Waals surface area contributed by atoms with E-state index in [-0.39, 0.29) is 18.6 Å². The first kappa shape index (κ1) is 19.8. The second-order valence-electron chi connectivity index (χ2n) is 7.85. The van der Waals surface area contributed by atoms with Gasteiger partial charge in [-0.1, -0.05) is 6.07 Å². The van der Waals surface area contributed by atoms with E-state index >= 15 is 0 Å². The van der Waals surface area contributed by atoms with Crippen molar-refractivity contribution < 1.29 is 9.53 Å². The van der Waals surface area contributed by atoms with Crippen molar-refractivity contribution >= 4 is 11.7 Å². The summed E-state index contributed by atoms with van der Waals surface area (Å²) in [4.78, 5) is 31.2. The number of likely N-dealkylation sites (tertiary alicyclic amines) is 1. The van der Waals surface area contributed by atoms with Gasteiger partial charge in [-0.25, -0.2) is 9.97 Å². The molecule has 2 aliphatic heterocycles.